The smallest absolute Gasteiger partial charge is 0.190 e. The molecule has 5 nitrogen and oxygen atoms in total. The molecule has 0 amide bonds. The fourth-order valence-corrected chi connectivity index (χ4v) is 3.83. The molecule has 0 N–H and O–H groups in total. The summed E-state index contributed by atoms with van der Waals surface area (Å²) in [5.41, 5.74) is 1.25. The van der Waals surface area contributed by atoms with Gasteiger partial charge in [-0.05, 0) is 31.7 Å². The number of benzene rings is 1. The average molecular weight is 332 g/mol. The molecule has 0 radical (unpaired) electrons. The van der Waals surface area contributed by atoms with Gasteiger partial charge in [0, 0.05) is 31.6 Å². The zero-order chi connectivity index (χ0) is 16.2. The van der Waals surface area contributed by atoms with Gasteiger partial charge in [-0.1, -0.05) is 30.0 Å². The van der Waals surface area contributed by atoms with Crippen molar-refractivity contribution in [3.05, 3.63) is 35.7 Å². The van der Waals surface area contributed by atoms with Crippen LogP contribution >= 0.6 is 11.8 Å². The Bertz CT molecular complexity index is 658. The normalized spacial score (nSPS) is 19.0. The number of ether oxygens (including phenoxy) is 1. The van der Waals surface area contributed by atoms with Crippen molar-refractivity contribution in [2.45, 2.75) is 30.5 Å². The number of nitrogens with zero attached hydrogens (tertiary/aromatic N) is 4. The molecule has 0 aliphatic carbocycles. The van der Waals surface area contributed by atoms with Gasteiger partial charge in [-0.2, -0.15) is 0 Å². The van der Waals surface area contributed by atoms with Gasteiger partial charge in [-0.3, -0.25) is 4.90 Å². The third kappa shape index (κ3) is 3.53. The molecule has 23 heavy (non-hydrogen) atoms. The number of para-hydroxylation sites is 1. The Morgan fingerprint density at radius 1 is 1.30 bits per heavy atom. The largest absolute Gasteiger partial charge is 0.496 e. The number of methoxy groups -OCH3 is 1. The molecule has 0 spiro atoms. The third-order valence-electron chi connectivity index (χ3n) is 4.51. The molecule has 1 atom stereocenters. The molecule has 1 fully saturated rings. The van der Waals surface area contributed by atoms with Crippen LogP contribution in [0, 0.1) is 0 Å². The van der Waals surface area contributed by atoms with Crippen LogP contribution in [0.4, 0.5) is 0 Å². The number of likely N-dealkylation sites (tertiary alicyclic amines) is 1. The molecule has 124 valence electrons. The van der Waals surface area contributed by atoms with E-state index in [0.29, 0.717) is 5.92 Å². The van der Waals surface area contributed by atoms with Gasteiger partial charge in [0.25, 0.3) is 0 Å². The summed E-state index contributed by atoms with van der Waals surface area (Å²) in [6.07, 6.45) is 4.42. The van der Waals surface area contributed by atoms with E-state index in [1.807, 2.05) is 18.4 Å². The van der Waals surface area contributed by atoms with Crippen LogP contribution in [0.25, 0.3) is 0 Å². The van der Waals surface area contributed by atoms with Gasteiger partial charge in [-0.25, -0.2) is 0 Å². The summed E-state index contributed by atoms with van der Waals surface area (Å²) in [6, 6.07) is 8.28. The van der Waals surface area contributed by atoms with E-state index in [0.717, 1.165) is 36.4 Å². The molecule has 2 heterocycles. The van der Waals surface area contributed by atoms with E-state index >= 15 is 0 Å². The van der Waals surface area contributed by atoms with Crippen molar-refractivity contribution in [2.24, 2.45) is 7.05 Å². The van der Waals surface area contributed by atoms with E-state index in [1.54, 1.807) is 18.9 Å². The fraction of sp³-hybridized carbons (Fsp3) is 0.529. The average Bonchev–Trinajstić information content (AvgIpc) is 2.96. The standard InChI is InChI=1S/C17H24N4OS/c1-20-16(18-19-17(20)23-3)14-8-6-10-21(12-14)11-13-7-4-5-9-15(13)22-2/h4-5,7,9,14H,6,8,10-12H2,1-3H3/t14-/m0/s1. The number of piperidine rings is 1. The Hall–Kier alpha value is -1.53. The first-order valence-electron chi connectivity index (χ1n) is 8.00. The zero-order valence-corrected chi connectivity index (χ0v) is 14.8. The molecule has 0 bridgehead atoms. The first-order chi connectivity index (χ1) is 11.2. The lowest BCUT2D eigenvalue weighted by Crippen LogP contribution is -2.34. The molecule has 3 rings (SSSR count). The maximum Gasteiger partial charge on any atom is 0.190 e. The minimum absolute atomic E-state index is 0.455. The minimum Gasteiger partial charge on any atom is -0.496 e. The van der Waals surface area contributed by atoms with Crippen molar-refractivity contribution in [2.75, 3.05) is 26.5 Å². The van der Waals surface area contributed by atoms with Gasteiger partial charge in [0.15, 0.2) is 5.16 Å². The van der Waals surface area contributed by atoms with Gasteiger partial charge in [-0.15, -0.1) is 10.2 Å². The van der Waals surface area contributed by atoms with Crippen molar-refractivity contribution in [3.8, 4) is 5.75 Å². The molecule has 0 unspecified atom stereocenters. The summed E-state index contributed by atoms with van der Waals surface area (Å²) in [6.45, 7) is 3.08. The molecular weight excluding hydrogens is 308 g/mol. The fourth-order valence-electron chi connectivity index (χ4n) is 3.34. The number of thioether (sulfide) groups is 1. The second-order valence-electron chi connectivity index (χ2n) is 5.99. The second-order valence-corrected chi connectivity index (χ2v) is 6.76. The monoisotopic (exact) mass is 332 g/mol. The van der Waals surface area contributed by atoms with Crippen molar-refractivity contribution in [1.82, 2.24) is 19.7 Å². The number of rotatable bonds is 5. The van der Waals surface area contributed by atoms with Crippen molar-refractivity contribution >= 4 is 11.8 Å². The predicted octanol–water partition coefficient (Wildman–Crippen LogP) is 2.93. The van der Waals surface area contributed by atoms with Crippen LogP contribution in [0.3, 0.4) is 0 Å². The van der Waals surface area contributed by atoms with Crippen molar-refractivity contribution in [1.29, 1.82) is 0 Å². The Morgan fingerprint density at radius 2 is 2.13 bits per heavy atom. The molecular formula is C17H24N4OS. The number of hydrogen-bond donors (Lipinski definition) is 0. The lowest BCUT2D eigenvalue weighted by Gasteiger charge is -2.32. The van der Waals surface area contributed by atoms with E-state index < -0.39 is 0 Å². The lowest BCUT2D eigenvalue weighted by molar-refractivity contribution is 0.193. The van der Waals surface area contributed by atoms with Crippen LogP contribution in [0.1, 0.15) is 30.1 Å². The number of aromatic nitrogens is 3. The number of hydrogen-bond acceptors (Lipinski definition) is 5. The molecule has 1 aromatic carbocycles. The zero-order valence-electron chi connectivity index (χ0n) is 14.0. The van der Waals surface area contributed by atoms with Crippen LogP contribution < -0.4 is 4.74 Å². The van der Waals surface area contributed by atoms with E-state index in [9.17, 15) is 0 Å². The summed E-state index contributed by atoms with van der Waals surface area (Å²) in [7, 11) is 3.81. The Morgan fingerprint density at radius 3 is 2.87 bits per heavy atom. The van der Waals surface area contributed by atoms with Crippen LogP contribution in [0.5, 0.6) is 5.75 Å². The quantitative estimate of drug-likeness (QED) is 0.788. The van der Waals surface area contributed by atoms with Gasteiger partial charge >= 0.3 is 0 Å². The Kier molecular flexibility index (Phi) is 5.23. The summed E-state index contributed by atoms with van der Waals surface area (Å²) in [5.74, 6) is 2.54. The highest BCUT2D eigenvalue weighted by atomic mass is 32.2. The molecule has 0 saturated carbocycles. The molecule has 6 heteroatoms. The summed E-state index contributed by atoms with van der Waals surface area (Å²) in [4.78, 5) is 2.50. The van der Waals surface area contributed by atoms with E-state index in [4.69, 9.17) is 4.74 Å². The maximum absolute atomic E-state index is 5.48. The topological polar surface area (TPSA) is 43.2 Å². The second kappa shape index (κ2) is 7.36. The van der Waals surface area contributed by atoms with Crippen molar-refractivity contribution in [3.63, 3.8) is 0 Å². The summed E-state index contributed by atoms with van der Waals surface area (Å²) >= 11 is 1.65. The Balaban J connectivity index is 1.72. The predicted molar refractivity (Wildman–Crippen MR) is 93.0 cm³/mol. The van der Waals surface area contributed by atoms with Crippen LogP contribution in [-0.4, -0.2) is 46.1 Å². The Labute approximate surface area is 142 Å². The van der Waals surface area contributed by atoms with Crippen molar-refractivity contribution < 1.29 is 4.74 Å². The van der Waals surface area contributed by atoms with E-state index in [2.05, 4.69) is 38.8 Å². The highest BCUT2D eigenvalue weighted by Gasteiger charge is 2.26. The lowest BCUT2D eigenvalue weighted by atomic mass is 9.96. The van der Waals surface area contributed by atoms with E-state index in [-0.39, 0.29) is 0 Å². The highest BCUT2D eigenvalue weighted by molar-refractivity contribution is 7.98. The highest BCUT2D eigenvalue weighted by Crippen LogP contribution is 2.29. The molecule has 1 aliphatic rings. The van der Waals surface area contributed by atoms with Crippen LogP contribution in [0.15, 0.2) is 29.4 Å². The molecule has 1 saturated heterocycles. The van der Waals surface area contributed by atoms with E-state index in [1.165, 1.54) is 18.4 Å². The first kappa shape index (κ1) is 16.3. The minimum atomic E-state index is 0.455. The van der Waals surface area contributed by atoms with Crippen LogP contribution in [0.2, 0.25) is 0 Å². The van der Waals surface area contributed by atoms with Gasteiger partial charge in [0.1, 0.15) is 11.6 Å². The summed E-state index contributed by atoms with van der Waals surface area (Å²) < 4.78 is 7.62. The van der Waals surface area contributed by atoms with Gasteiger partial charge in [0.05, 0.1) is 7.11 Å². The molecule has 1 aliphatic heterocycles. The molecule has 1 aromatic heterocycles. The summed E-state index contributed by atoms with van der Waals surface area (Å²) in [5, 5.41) is 9.70. The third-order valence-corrected chi connectivity index (χ3v) is 5.23. The first-order valence-corrected chi connectivity index (χ1v) is 9.23. The maximum atomic E-state index is 5.48. The SMILES string of the molecule is COc1ccccc1CN1CCC[C@H](c2nnc(SC)n2C)C1. The van der Waals surface area contributed by atoms with Gasteiger partial charge < -0.3 is 9.30 Å². The molecule has 2 aromatic rings. The van der Waals surface area contributed by atoms with Gasteiger partial charge in [0.2, 0.25) is 0 Å². The van der Waals surface area contributed by atoms with Crippen LogP contribution in [-0.2, 0) is 13.6 Å².